The van der Waals surface area contributed by atoms with Gasteiger partial charge in [0.25, 0.3) is 18.2 Å². The summed E-state index contributed by atoms with van der Waals surface area (Å²) in [4.78, 5) is 44.9. The number of halogens is 4. The Morgan fingerprint density at radius 2 is 1.87 bits per heavy atom. The summed E-state index contributed by atoms with van der Waals surface area (Å²) in [6.07, 6.45) is 0.149. The summed E-state index contributed by atoms with van der Waals surface area (Å²) in [6.45, 7) is 2.19. The second-order valence-electron chi connectivity index (χ2n) is 8.46. The van der Waals surface area contributed by atoms with Crippen molar-refractivity contribution in [2.45, 2.75) is 26.4 Å². The van der Waals surface area contributed by atoms with Gasteiger partial charge < -0.3 is 9.64 Å². The average Bonchev–Trinajstić information content (AvgIpc) is 3.47. The van der Waals surface area contributed by atoms with Crippen molar-refractivity contribution in [3.63, 3.8) is 0 Å². The van der Waals surface area contributed by atoms with Crippen LogP contribution < -0.4 is 10.1 Å². The Morgan fingerprint density at radius 3 is 2.56 bits per heavy atom. The molecule has 9 nitrogen and oxygen atoms in total. The molecule has 2 amide bonds. The third-order valence-electron chi connectivity index (χ3n) is 5.91. The third kappa shape index (κ3) is 5.40. The molecule has 0 spiro atoms. The van der Waals surface area contributed by atoms with Gasteiger partial charge in [0.15, 0.2) is 5.13 Å². The second kappa shape index (κ2) is 10.8. The molecule has 0 saturated carbocycles. The number of aromatic nitrogens is 4. The number of aryl methyl sites for hydroxylation is 1. The minimum atomic E-state index is -2.79. The standard InChI is InChI=1S/C25H18Cl2F2N6O3S/c1-11-5-13(14-6-20(26)31-8-18(14)38-2)15(7-30-11)23(36)34-25-33-17-9-35(10-19(17)39-25)24(37)12-3-4-16(22(28)29)32-21(12)27/h3-8,22H,9-10H2,1-2H3,(H,33,34,36). The number of thiazole rings is 1. The maximum atomic E-state index is 13.3. The van der Waals surface area contributed by atoms with Gasteiger partial charge in [0.1, 0.15) is 21.7 Å². The van der Waals surface area contributed by atoms with E-state index in [2.05, 4.69) is 25.3 Å². The lowest BCUT2D eigenvalue weighted by atomic mass is 10.0. The molecule has 1 aliphatic rings. The number of pyridine rings is 3. The molecule has 5 heterocycles. The Hall–Kier alpha value is -3.74. The van der Waals surface area contributed by atoms with E-state index in [1.54, 1.807) is 19.1 Å². The number of anilines is 1. The van der Waals surface area contributed by atoms with Crippen LogP contribution in [0.3, 0.4) is 0 Å². The Labute approximate surface area is 234 Å². The Balaban J connectivity index is 1.34. The van der Waals surface area contributed by atoms with E-state index in [1.165, 1.54) is 41.8 Å². The van der Waals surface area contributed by atoms with Crippen molar-refractivity contribution < 1.29 is 23.1 Å². The summed E-state index contributed by atoms with van der Waals surface area (Å²) >= 11 is 13.3. The number of nitrogens with one attached hydrogen (secondary N) is 1. The molecule has 39 heavy (non-hydrogen) atoms. The highest BCUT2D eigenvalue weighted by molar-refractivity contribution is 7.16. The first kappa shape index (κ1) is 26.9. The van der Waals surface area contributed by atoms with E-state index in [0.29, 0.717) is 33.4 Å². The number of hydrogen-bond donors (Lipinski definition) is 1. The molecule has 0 aromatic carbocycles. The first-order valence-corrected chi connectivity index (χ1v) is 12.9. The normalized spacial score (nSPS) is 12.5. The van der Waals surface area contributed by atoms with Crippen molar-refractivity contribution in [1.82, 2.24) is 24.8 Å². The van der Waals surface area contributed by atoms with E-state index < -0.39 is 23.9 Å². The van der Waals surface area contributed by atoms with Crippen molar-refractivity contribution in [2.24, 2.45) is 0 Å². The largest absolute Gasteiger partial charge is 0.494 e. The van der Waals surface area contributed by atoms with Crippen LogP contribution in [0.4, 0.5) is 13.9 Å². The topological polar surface area (TPSA) is 110 Å². The van der Waals surface area contributed by atoms with Gasteiger partial charge in [-0.05, 0) is 31.2 Å². The summed E-state index contributed by atoms with van der Waals surface area (Å²) in [5, 5.41) is 3.11. The lowest BCUT2D eigenvalue weighted by molar-refractivity contribution is 0.0749. The Kier molecular flexibility index (Phi) is 7.43. The number of carbonyl (C=O) groups excluding carboxylic acids is 2. The molecule has 1 aliphatic heterocycles. The van der Waals surface area contributed by atoms with Gasteiger partial charge in [-0.1, -0.05) is 34.5 Å². The van der Waals surface area contributed by atoms with Crippen LogP contribution in [0.15, 0.2) is 36.7 Å². The second-order valence-corrected chi connectivity index (χ2v) is 10.3. The summed E-state index contributed by atoms with van der Waals surface area (Å²) < 4.78 is 31.1. The highest BCUT2D eigenvalue weighted by Gasteiger charge is 2.30. The molecule has 4 aromatic heterocycles. The van der Waals surface area contributed by atoms with E-state index in [4.69, 9.17) is 27.9 Å². The van der Waals surface area contributed by atoms with Crippen LogP contribution in [-0.2, 0) is 13.1 Å². The zero-order valence-corrected chi connectivity index (χ0v) is 22.7. The summed E-state index contributed by atoms with van der Waals surface area (Å²) in [5.41, 5.74) is 2.24. The first-order chi connectivity index (χ1) is 18.6. The molecule has 200 valence electrons. The van der Waals surface area contributed by atoms with E-state index in [9.17, 15) is 18.4 Å². The number of ether oxygens (including phenoxy) is 1. The molecule has 5 rings (SSSR count). The highest BCUT2D eigenvalue weighted by atomic mass is 35.5. The van der Waals surface area contributed by atoms with Crippen LogP contribution in [-0.4, -0.2) is 43.8 Å². The number of carbonyl (C=O) groups is 2. The average molecular weight is 591 g/mol. The molecule has 4 aromatic rings. The fraction of sp³-hybridized carbons (Fsp3) is 0.200. The number of methoxy groups -OCH3 is 1. The van der Waals surface area contributed by atoms with Crippen LogP contribution in [0.2, 0.25) is 10.3 Å². The molecule has 0 unspecified atom stereocenters. The number of amides is 2. The van der Waals surface area contributed by atoms with Gasteiger partial charge in [-0.15, -0.1) is 0 Å². The molecular formula is C25H18Cl2F2N6O3S. The van der Waals surface area contributed by atoms with Crippen molar-refractivity contribution in [3.05, 3.63) is 80.1 Å². The minimum absolute atomic E-state index is 0.0239. The van der Waals surface area contributed by atoms with Crippen LogP contribution >= 0.6 is 34.5 Å². The van der Waals surface area contributed by atoms with E-state index in [1.807, 2.05) is 0 Å². The van der Waals surface area contributed by atoms with Gasteiger partial charge >= 0.3 is 0 Å². The number of hydrogen-bond acceptors (Lipinski definition) is 8. The van der Waals surface area contributed by atoms with Crippen LogP contribution in [0.25, 0.3) is 11.1 Å². The monoisotopic (exact) mass is 590 g/mol. The minimum Gasteiger partial charge on any atom is -0.494 e. The maximum absolute atomic E-state index is 13.3. The molecule has 0 bridgehead atoms. The molecular weight excluding hydrogens is 573 g/mol. The predicted octanol–water partition coefficient (Wildman–Crippen LogP) is 5.96. The molecule has 0 atom stereocenters. The van der Waals surface area contributed by atoms with Gasteiger partial charge in [-0.25, -0.2) is 23.7 Å². The smallest absolute Gasteiger partial charge is 0.280 e. The van der Waals surface area contributed by atoms with Gasteiger partial charge in [0, 0.05) is 23.0 Å². The third-order valence-corrected chi connectivity index (χ3v) is 7.41. The molecule has 0 fully saturated rings. The van der Waals surface area contributed by atoms with Crippen molar-refractivity contribution in [2.75, 3.05) is 12.4 Å². The van der Waals surface area contributed by atoms with Crippen molar-refractivity contribution in [1.29, 1.82) is 0 Å². The molecule has 14 heteroatoms. The molecule has 1 N–H and O–H groups in total. The molecule has 0 aliphatic carbocycles. The van der Waals surface area contributed by atoms with Crippen LogP contribution in [0.5, 0.6) is 5.75 Å². The predicted molar refractivity (Wildman–Crippen MR) is 142 cm³/mol. The van der Waals surface area contributed by atoms with Gasteiger partial charge in [-0.3, -0.25) is 19.9 Å². The van der Waals surface area contributed by atoms with Gasteiger partial charge in [0.2, 0.25) is 0 Å². The Morgan fingerprint density at radius 1 is 1.08 bits per heavy atom. The lowest BCUT2D eigenvalue weighted by Crippen LogP contribution is -2.26. The first-order valence-electron chi connectivity index (χ1n) is 11.3. The number of fused-ring (bicyclic) bond motifs is 1. The highest BCUT2D eigenvalue weighted by Crippen LogP contribution is 2.36. The van der Waals surface area contributed by atoms with Gasteiger partial charge in [0.05, 0.1) is 48.1 Å². The quantitative estimate of drug-likeness (QED) is 0.276. The van der Waals surface area contributed by atoms with Crippen molar-refractivity contribution in [3.8, 4) is 16.9 Å². The lowest BCUT2D eigenvalue weighted by Gasteiger charge is -2.16. The van der Waals surface area contributed by atoms with Crippen LogP contribution in [0.1, 0.15) is 49.1 Å². The Bertz CT molecular complexity index is 1590. The SMILES string of the molecule is COc1cnc(Cl)cc1-c1cc(C)ncc1C(=O)Nc1nc2c(s1)CN(C(=O)c1ccc(C(F)F)nc1Cl)C2. The molecule has 0 radical (unpaired) electrons. The van der Waals surface area contributed by atoms with Crippen molar-refractivity contribution >= 4 is 51.5 Å². The summed E-state index contributed by atoms with van der Waals surface area (Å²) in [5.74, 6) is -0.453. The summed E-state index contributed by atoms with van der Waals surface area (Å²) in [6, 6.07) is 5.68. The number of rotatable bonds is 6. The van der Waals surface area contributed by atoms with Gasteiger partial charge in [-0.2, -0.15) is 0 Å². The van der Waals surface area contributed by atoms with E-state index in [0.717, 1.165) is 10.9 Å². The number of alkyl halides is 2. The van der Waals surface area contributed by atoms with E-state index >= 15 is 0 Å². The maximum Gasteiger partial charge on any atom is 0.280 e. The number of nitrogens with zero attached hydrogens (tertiary/aromatic N) is 5. The van der Waals surface area contributed by atoms with Crippen LogP contribution in [0, 0.1) is 6.92 Å². The summed E-state index contributed by atoms with van der Waals surface area (Å²) in [7, 11) is 1.50. The fourth-order valence-electron chi connectivity index (χ4n) is 4.06. The van der Waals surface area contributed by atoms with E-state index in [-0.39, 0.29) is 34.5 Å². The fourth-order valence-corrected chi connectivity index (χ4v) is 5.44. The molecule has 0 saturated heterocycles. The zero-order chi connectivity index (χ0) is 27.8. The zero-order valence-electron chi connectivity index (χ0n) is 20.3.